The third kappa shape index (κ3) is 1.01. The minimum atomic E-state index is -0.979. The summed E-state index contributed by atoms with van der Waals surface area (Å²) in [5.41, 5.74) is 0. The Balaban J connectivity index is 2.08. The summed E-state index contributed by atoms with van der Waals surface area (Å²) in [6.45, 7) is 0. The number of halogens is 1. The molecule has 0 saturated carbocycles. The van der Waals surface area contributed by atoms with E-state index in [1.807, 2.05) is 0 Å². The van der Waals surface area contributed by atoms with Gasteiger partial charge in [0, 0.05) is 0 Å². The first-order chi connectivity index (χ1) is 2.39. The van der Waals surface area contributed by atoms with Gasteiger partial charge in [0.15, 0.2) is 0 Å². The van der Waals surface area contributed by atoms with Crippen LogP contribution in [0.5, 0.6) is 0 Å². The molecule has 0 spiro atoms. The van der Waals surface area contributed by atoms with Crippen LogP contribution < -0.4 is 0 Å². The molecule has 1 saturated heterocycles. The van der Waals surface area contributed by atoms with Crippen molar-refractivity contribution >= 4 is 29.1 Å². The van der Waals surface area contributed by atoms with Crippen LogP contribution in [0.3, 0.4) is 0 Å². The molecule has 0 amide bonds. The second-order valence-electron chi connectivity index (χ2n) is 1.26. The van der Waals surface area contributed by atoms with E-state index in [9.17, 15) is 0 Å². The third-order valence-electron chi connectivity index (χ3n) is 0.801. The molecule has 1 rings (SSSR count). The predicted octanol–water partition coefficient (Wildman–Crippen LogP) is 1.62. The van der Waals surface area contributed by atoms with E-state index in [0.717, 1.165) is 0 Å². The van der Waals surface area contributed by atoms with E-state index in [0.29, 0.717) is 0 Å². The fourth-order valence-electron chi connectivity index (χ4n) is 0.278. The van der Waals surface area contributed by atoms with Crippen LogP contribution in [0.2, 0.25) is 8.26 Å². The fraction of sp³-hybridized carbons (Fsp3) is 1.00. The van der Waals surface area contributed by atoms with Crippen molar-refractivity contribution in [3.63, 3.8) is 0 Å². The average Bonchev–Trinajstić information content (AvgIpc) is 1.30. The van der Waals surface area contributed by atoms with Gasteiger partial charge in [0.05, 0.1) is 0 Å². The molecule has 1 aliphatic heterocycles. The van der Waals surface area contributed by atoms with E-state index in [2.05, 4.69) is 0 Å². The molecule has 0 atom stereocenters. The molecule has 1 aliphatic rings. The topological polar surface area (TPSA) is 0 Å². The molecule has 0 aromatic rings. The molecule has 1 fully saturated rings. The Morgan fingerprint density at radius 2 is 1.80 bits per heavy atom. The van der Waals surface area contributed by atoms with E-state index in [1.165, 1.54) is 14.7 Å². The summed E-state index contributed by atoms with van der Waals surface area (Å²) in [5.74, 6) is 0. The molecule has 0 aromatic heterocycles. The van der Waals surface area contributed by atoms with Crippen LogP contribution in [0.25, 0.3) is 0 Å². The monoisotopic (exact) mass is 286 g/mol. The van der Waals surface area contributed by atoms with Gasteiger partial charge in [-0.05, 0) is 0 Å². The van der Waals surface area contributed by atoms with Crippen molar-refractivity contribution in [1.82, 2.24) is 0 Å². The van der Waals surface area contributed by atoms with Crippen molar-refractivity contribution in [2.24, 2.45) is 0 Å². The van der Waals surface area contributed by atoms with Crippen LogP contribution in [0.4, 0.5) is 0 Å². The average molecular weight is 287 g/mol. The quantitative estimate of drug-likeness (QED) is 0.594. The summed E-state index contributed by atoms with van der Waals surface area (Å²) in [6, 6.07) is 0. The fourth-order valence-corrected chi connectivity index (χ4v) is 4.53. The summed E-state index contributed by atoms with van der Waals surface area (Å²) in [5, 5.41) is 0. The van der Waals surface area contributed by atoms with Crippen molar-refractivity contribution in [2.45, 2.75) is 14.7 Å². The van der Waals surface area contributed by atoms with Gasteiger partial charge in [-0.15, -0.1) is 0 Å². The van der Waals surface area contributed by atoms with Gasteiger partial charge in [-0.2, -0.15) is 0 Å². The second kappa shape index (κ2) is 1.75. The Hall–Kier alpha value is 1.17. The van der Waals surface area contributed by atoms with E-state index in [1.54, 1.807) is 0 Å². The summed E-state index contributed by atoms with van der Waals surface area (Å²) >= 11 is -0.979. The Morgan fingerprint density at radius 1 is 1.40 bits per heavy atom. The zero-order valence-electron chi connectivity index (χ0n) is 2.95. The standard InChI is InChI=1S/C3H6.Bi.ClH/c1-3-2;;/h1-3H2;;1H/q;+1;/p-1. The first-order valence-electron chi connectivity index (χ1n) is 1.80. The molecule has 30 valence electrons. The van der Waals surface area contributed by atoms with Gasteiger partial charge >= 0.3 is 43.7 Å². The number of hydrogen-bond acceptors (Lipinski definition) is 0. The zero-order valence-corrected chi connectivity index (χ0v) is 7.18. The van der Waals surface area contributed by atoms with Crippen LogP contribution >= 0.6 is 8.51 Å². The van der Waals surface area contributed by atoms with E-state index in [4.69, 9.17) is 8.51 Å². The van der Waals surface area contributed by atoms with Crippen molar-refractivity contribution in [2.75, 3.05) is 0 Å². The molecule has 0 N–H and O–H groups in total. The Bertz CT molecular complexity index is 33.9. The van der Waals surface area contributed by atoms with E-state index in [-0.39, 0.29) is 0 Å². The van der Waals surface area contributed by atoms with Crippen molar-refractivity contribution in [3.05, 3.63) is 0 Å². The second-order valence-corrected chi connectivity index (χ2v) is 12.5. The SMILES string of the molecule is [Cl][Bi]1[CH2]C[CH2]1. The summed E-state index contributed by atoms with van der Waals surface area (Å²) < 4.78 is 2.91. The molecule has 2 heteroatoms. The van der Waals surface area contributed by atoms with Crippen LogP contribution in [0, 0.1) is 0 Å². The summed E-state index contributed by atoms with van der Waals surface area (Å²) in [6.07, 6.45) is 1.45. The maximum atomic E-state index is 5.75. The van der Waals surface area contributed by atoms with E-state index < -0.39 is 20.6 Å². The van der Waals surface area contributed by atoms with Crippen LogP contribution in [0.15, 0.2) is 0 Å². The molecule has 0 aromatic carbocycles. The summed E-state index contributed by atoms with van der Waals surface area (Å²) in [7, 11) is 5.75. The first-order valence-corrected chi connectivity index (χ1v) is 11.0. The Kier molecular flexibility index (Phi) is 1.52. The molecule has 1 heterocycles. The zero-order chi connectivity index (χ0) is 3.70. The minimum absolute atomic E-state index is 0.979. The number of hydrogen-bond donors (Lipinski definition) is 0. The van der Waals surface area contributed by atoms with Crippen LogP contribution in [0.1, 0.15) is 6.42 Å². The molecule has 0 unspecified atom stereocenters. The molecular weight excluding hydrogens is 280 g/mol. The molecule has 0 radical (unpaired) electrons. The molecule has 5 heavy (non-hydrogen) atoms. The van der Waals surface area contributed by atoms with Crippen molar-refractivity contribution in [1.29, 1.82) is 0 Å². The van der Waals surface area contributed by atoms with Gasteiger partial charge in [-0.25, -0.2) is 0 Å². The van der Waals surface area contributed by atoms with Gasteiger partial charge in [0.1, 0.15) is 0 Å². The van der Waals surface area contributed by atoms with E-state index >= 15 is 0 Å². The molecule has 0 nitrogen and oxygen atoms in total. The Labute approximate surface area is 43.7 Å². The van der Waals surface area contributed by atoms with Gasteiger partial charge in [0.2, 0.25) is 0 Å². The van der Waals surface area contributed by atoms with Crippen LogP contribution in [-0.2, 0) is 0 Å². The molecule has 0 bridgehead atoms. The molecule has 0 aliphatic carbocycles. The Morgan fingerprint density at radius 3 is 1.80 bits per heavy atom. The number of rotatable bonds is 0. The van der Waals surface area contributed by atoms with Gasteiger partial charge in [0.25, 0.3) is 0 Å². The third-order valence-corrected chi connectivity index (χ3v) is 10.00. The van der Waals surface area contributed by atoms with Crippen molar-refractivity contribution < 1.29 is 0 Å². The first kappa shape index (κ1) is 4.34. The molecular formula is C3H6BiCl. The van der Waals surface area contributed by atoms with Gasteiger partial charge < -0.3 is 0 Å². The maximum absolute atomic E-state index is 5.75. The van der Waals surface area contributed by atoms with Crippen LogP contribution in [-0.4, -0.2) is 20.6 Å². The van der Waals surface area contributed by atoms with Gasteiger partial charge in [-0.3, -0.25) is 0 Å². The van der Waals surface area contributed by atoms with Crippen molar-refractivity contribution in [3.8, 4) is 0 Å². The van der Waals surface area contributed by atoms with Gasteiger partial charge in [-0.1, -0.05) is 0 Å². The summed E-state index contributed by atoms with van der Waals surface area (Å²) in [4.78, 5) is 0. The predicted molar refractivity (Wildman–Crippen MR) is 25.8 cm³/mol. The normalized spacial score (nSPS) is 25.8.